The molecule has 1 atom stereocenters. The molecule has 0 spiro atoms. The number of anilines is 1. The highest BCUT2D eigenvalue weighted by Gasteiger charge is 2.34. The van der Waals surface area contributed by atoms with Gasteiger partial charge in [-0.15, -0.1) is 0 Å². The molecule has 0 aliphatic heterocycles. The number of carbonyl (C=O) groups excluding carboxylic acids is 2. The van der Waals surface area contributed by atoms with Crippen LogP contribution in [0.2, 0.25) is 0 Å². The monoisotopic (exact) mass is 599 g/mol. The van der Waals surface area contributed by atoms with E-state index in [1.54, 1.807) is 30.3 Å². The normalized spacial score (nSPS) is 12.4. The Hall–Kier alpha value is -3.17. The summed E-state index contributed by atoms with van der Waals surface area (Å²) in [7, 11) is -3.78. The maximum Gasteiger partial charge on any atom is 0.244 e. The lowest BCUT2D eigenvalue weighted by Crippen LogP contribution is -2.56. The lowest BCUT2D eigenvalue weighted by Gasteiger charge is -2.35. The SMILES string of the molecule is CC(C)(C)NC(=O)C(Cc1ccccc1)N(Cc1cccc(Br)c1)C(=O)CN(c1ccccc1)S(C)(=O)=O. The van der Waals surface area contributed by atoms with Crippen LogP contribution < -0.4 is 9.62 Å². The molecule has 0 aliphatic rings. The minimum Gasteiger partial charge on any atom is -0.350 e. The first-order chi connectivity index (χ1) is 17.8. The Morgan fingerprint density at radius 3 is 2.03 bits per heavy atom. The summed E-state index contributed by atoms with van der Waals surface area (Å²) in [6.07, 6.45) is 1.34. The number of hydrogen-bond acceptors (Lipinski definition) is 4. The summed E-state index contributed by atoms with van der Waals surface area (Å²) in [6, 6.07) is 24.6. The number of benzene rings is 3. The fourth-order valence-corrected chi connectivity index (χ4v) is 5.34. The van der Waals surface area contributed by atoms with Gasteiger partial charge in [-0.25, -0.2) is 8.42 Å². The number of sulfonamides is 1. The van der Waals surface area contributed by atoms with Crippen LogP contribution in [0, 0.1) is 0 Å². The Morgan fingerprint density at radius 2 is 1.47 bits per heavy atom. The second-order valence-corrected chi connectivity index (χ2v) is 13.0. The quantitative estimate of drug-likeness (QED) is 0.364. The minimum atomic E-state index is -3.78. The van der Waals surface area contributed by atoms with Crippen molar-refractivity contribution in [1.29, 1.82) is 0 Å². The fourth-order valence-electron chi connectivity index (χ4n) is 4.05. The van der Waals surface area contributed by atoms with Gasteiger partial charge in [-0.2, -0.15) is 0 Å². The van der Waals surface area contributed by atoms with E-state index >= 15 is 0 Å². The molecule has 202 valence electrons. The Morgan fingerprint density at radius 1 is 0.895 bits per heavy atom. The molecule has 38 heavy (non-hydrogen) atoms. The van der Waals surface area contributed by atoms with Crippen LogP contribution in [0.1, 0.15) is 31.9 Å². The van der Waals surface area contributed by atoms with Gasteiger partial charge in [-0.1, -0.05) is 76.6 Å². The molecule has 2 amide bonds. The van der Waals surface area contributed by atoms with Gasteiger partial charge in [0, 0.05) is 23.0 Å². The van der Waals surface area contributed by atoms with Crippen molar-refractivity contribution in [3.05, 3.63) is 101 Å². The summed E-state index contributed by atoms with van der Waals surface area (Å²) in [6.45, 7) is 5.33. The molecular formula is C29H34BrN3O4S. The third-order valence-electron chi connectivity index (χ3n) is 5.73. The van der Waals surface area contributed by atoms with Gasteiger partial charge in [-0.05, 0) is 56.2 Å². The van der Waals surface area contributed by atoms with Crippen molar-refractivity contribution < 1.29 is 18.0 Å². The number of hydrogen-bond donors (Lipinski definition) is 1. The molecule has 0 aliphatic carbocycles. The van der Waals surface area contributed by atoms with E-state index < -0.39 is 34.1 Å². The van der Waals surface area contributed by atoms with E-state index in [9.17, 15) is 18.0 Å². The first kappa shape index (κ1) is 29.4. The van der Waals surface area contributed by atoms with Crippen LogP contribution >= 0.6 is 15.9 Å². The van der Waals surface area contributed by atoms with Gasteiger partial charge in [0.15, 0.2) is 0 Å². The van der Waals surface area contributed by atoms with Gasteiger partial charge in [0.05, 0.1) is 11.9 Å². The number of nitrogens with one attached hydrogen (secondary N) is 1. The Bertz CT molecular complexity index is 1340. The molecule has 7 nitrogen and oxygen atoms in total. The van der Waals surface area contributed by atoms with Crippen LogP contribution in [0.3, 0.4) is 0 Å². The lowest BCUT2D eigenvalue weighted by atomic mass is 10.0. The Kier molecular flexibility index (Phi) is 9.73. The van der Waals surface area contributed by atoms with E-state index in [-0.39, 0.29) is 18.9 Å². The van der Waals surface area contributed by atoms with Gasteiger partial charge in [0.2, 0.25) is 21.8 Å². The average molecular weight is 601 g/mol. The predicted octanol–water partition coefficient (Wildman–Crippen LogP) is 4.77. The zero-order chi connectivity index (χ0) is 27.9. The summed E-state index contributed by atoms with van der Waals surface area (Å²) >= 11 is 3.48. The largest absolute Gasteiger partial charge is 0.350 e. The van der Waals surface area contributed by atoms with Gasteiger partial charge >= 0.3 is 0 Å². The van der Waals surface area contributed by atoms with Crippen molar-refractivity contribution in [2.24, 2.45) is 0 Å². The van der Waals surface area contributed by atoms with Crippen molar-refractivity contribution >= 4 is 43.5 Å². The molecule has 0 fully saturated rings. The highest BCUT2D eigenvalue weighted by atomic mass is 79.9. The molecule has 0 radical (unpaired) electrons. The van der Waals surface area contributed by atoms with Gasteiger partial charge in [0.1, 0.15) is 12.6 Å². The first-order valence-corrected chi connectivity index (χ1v) is 14.9. The highest BCUT2D eigenvalue weighted by molar-refractivity contribution is 9.10. The third kappa shape index (κ3) is 8.70. The van der Waals surface area contributed by atoms with Crippen LogP contribution in [0.4, 0.5) is 5.69 Å². The smallest absolute Gasteiger partial charge is 0.244 e. The van der Waals surface area contributed by atoms with E-state index in [4.69, 9.17) is 0 Å². The van der Waals surface area contributed by atoms with Crippen molar-refractivity contribution in [2.45, 2.75) is 45.3 Å². The zero-order valence-electron chi connectivity index (χ0n) is 22.1. The fraction of sp³-hybridized carbons (Fsp3) is 0.310. The zero-order valence-corrected chi connectivity index (χ0v) is 24.5. The number of para-hydroxylation sites is 1. The second-order valence-electron chi connectivity index (χ2n) is 10.2. The summed E-state index contributed by atoms with van der Waals surface area (Å²) in [5.74, 6) is -0.792. The Labute approximate surface area is 234 Å². The molecule has 1 unspecified atom stereocenters. The number of rotatable bonds is 10. The molecule has 3 rings (SSSR count). The molecule has 0 saturated heterocycles. The molecular weight excluding hydrogens is 566 g/mol. The van der Waals surface area contributed by atoms with Crippen molar-refractivity contribution in [2.75, 3.05) is 17.1 Å². The van der Waals surface area contributed by atoms with E-state index in [2.05, 4.69) is 21.2 Å². The molecule has 0 bridgehead atoms. The molecule has 9 heteroatoms. The van der Waals surface area contributed by atoms with Crippen molar-refractivity contribution in [1.82, 2.24) is 10.2 Å². The van der Waals surface area contributed by atoms with E-state index in [1.165, 1.54) is 4.90 Å². The van der Waals surface area contributed by atoms with E-state index in [0.717, 1.165) is 26.2 Å². The maximum atomic E-state index is 14.0. The van der Waals surface area contributed by atoms with Crippen LogP contribution in [-0.4, -0.2) is 49.5 Å². The first-order valence-electron chi connectivity index (χ1n) is 12.3. The summed E-state index contributed by atoms with van der Waals surface area (Å²) in [4.78, 5) is 29.1. The average Bonchev–Trinajstić information content (AvgIpc) is 2.84. The molecule has 3 aromatic carbocycles. The van der Waals surface area contributed by atoms with Crippen molar-refractivity contribution in [3.8, 4) is 0 Å². The van der Waals surface area contributed by atoms with Crippen LogP contribution in [-0.2, 0) is 32.6 Å². The third-order valence-corrected chi connectivity index (χ3v) is 7.37. The van der Waals surface area contributed by atoms with Gasteiger partial charge in [0.25, 0.3) is 0 Å². The van der Waals surface area contributed by atoms with Crippen LogP contribution in [0.5, 0.6) is 0 Å². The molecule has 0 saturated carbocycles. The van der Waals surface area contributed by atoms with Crippen LogP contribution in [0.15, 0.2) is 89.4 Å². The maximum absolute atomic E-state index is 14.0. The number of nitrogens with zero attached hydrogens (tertiary/aromatic N) is 2. The number of carbonyl (C=O) groups is 2. The number of amides is 2. The minimum absolute atomic E-state index is 0.125. The van der Waals surface area contributed by atoms with Gasteiger partial charge < -0.3 is 10.2 Å². The summed E-state index contributed by atoms with van der Waals surface area (Å²) in [5.41, 5.74) is 1.54. The summed E-state index contributed by atoms with van der Waals surface area (Å²) < 4.78 is 27.4. The Balaban J connectivity index is 2.06. The molecule has 1 N–H and O–H groups in total. The van der Waals surface area contributed by atoms with Crippen LogP contribution in [0.25, 0.3) is 0 Å². The standard InChI is InChI=1S/C29H34BrN3O4S/c1-29(2,3)31-28(35)26(19-22-12-7-5-8-13-22)32(20-23-14-11-15-24(30)18-23)27(34)21-33(38(4,36)37)25-16-9-6-10-17-25/h5-18,26H,19-21H2,1-4H3,(H,31,35). The summed E-state index contributed by atoms with van der Waals surface area (Å²) in [5, 5.41) is 3.01. The lowest BCUT2D eigenvalue weighted by molar-refractivity contribution is -0.140. The predicted molar refractivity (Wildman–Crippen MR) is 155 cm³/mol. The molecule has 0 heterocycles. The second kappa shape index (κ2) is 12.6. The number of halogens is 1. The van der Waals surface area contributed by atoms with E-state index in [0.29, 0.717) is 5.69 Å². The topological polar surface area (TPSA) is 86.8 Å². The molecule has 3 aromatic rings. The van der Waals surface area contributed by atoms with Gasteiger partial charge in [-0.3, -0.25) is 13.9 Å². The van der Waals surface area contributed by atoms with Crippen molar-refractivity contribution in [3.63, 3.8) is 0 Å². The van der Waals surface area contributed by atoms with E-state index in [1.807, 2.05) is 75.4 Å². The highest BCUT2D eigenvalue weighted by Crippen LogP contribution is 2.21. The molecule has 0 aromatic heterocycles.